The largest absolute Gasteiger partial charge is 0.419 e. The molecule has 2 aliphatic rings. The summed E-state index contributed by atoms with van der Waals surface area (Å²) in [4.78, 5) is 9.53. The summed E-state index contributed by atoms with van der Waals surface area (Å²) in [6.07, 6.45) is -9.25. The maximum Gasteiger partial charge on any atom is 0.419 e. The molecular formula is C23H29ClF8N6O4S2. The molecule has 0 aliphatic carbocycles. The fourth-order valence-electron chi connectivity index (χ4n) is 3.35. The molecule has 0 radical (unpaired) electrons. The zero-order valence-corrected chi connectivity index (χ0v) is 26.6. The van der Waals surface area contributed by atoms with Gasteiger partial charge < -0.3 is 9.68 Å². The molecule has 0 spiro atoms. The van der Waals surface area contributed by atoms with E-state index in [0.29, 0.717) is 0 Å². The monoisotopic (exact) mass is 704 g/mol. The number of thioether (sulfide) groups is 1. The third-order valence-corrected chi connectivity index (χ3v) is 7.97. The van der Waals surface area contributed by atoms with Gasteiger partial charge >= 0.3 is 12.4 Å². The van der Waals surface area contributed by atoms with Gasteiger partial charge in [0.25, 0.3) is 0 Å². The minimum Gasteiger partial charge on any atom is -0.385 e. The molecule has 0 saturated heterocycles. The first kappa shape index (κ1) is 37.6. The highest BCUT2D eigenvalue weighted by Crippen LogP contribution is 2.36. The van der Waals surface area contributed by atoms with Crippen molar-refractivity contribution in [1.29, 1.82) is 0 Å². The Morgan fingerprint density at radius 3 is 1.61 bits per heavy atom. The van der Waals surface area contributed by atoms with Crippen molar-refractivity contribution in [3.8, 4) is 0 Å². The van der Waals surface area contributed by atoms with Gasteiger partial charge in [0.2, 0.25) is 5.04 Å². The number of hydrogen-bond acceptors (Lipinski definition) is 9. The number of rotatable bonds is 3. The Labute approximate surface area is 256 Å². The van der Waals surface area contributed by atoms with Gasteiger partial charge in [0, 0.05) is 38.5 Å². The van der Waals surface area contributed by atoms with Gasteiger partial charge in [0.1, 0.15) is 0 Å². The normalized spacial score (nSPS) is 20.8. The summed E-state index contributed by atoms with van der Waals surface area (Å²) in [6.45, 7) is 5.94. The summed E-state index contributed by atoms with van der Waals surface area (Å²) in [7, 11) is -0.747. The van der Waals surface area contributed by atoms with E-state index < -0.39 is 61.9 Å². The van der Waals surface area contributed by atoms with Crippen molar-refractivity contribution in [2.45, 2.75) is 75.2 Å². The summed E-state index contributed by atoms with van der Waals surface area (Å²) in [6, 6.07) is 0. The Bertz CT molecular complexity index is 1490. The molecule has 0 N–H and O–H groups in total. The maximum absolute atomic E-state index is 13.9. The molecule has 21 heteroatoms. The number of oxime groups is 2. The lowest BCUT2D eigenvalue weighted by atomic mass is 10.1. The van der Waals surface area contributed by atoms with Crippen LogP contribution in [0.2, 0.25) is 0 Å². The van der Waals surface area contributed by atoms with Crippen LogP contribution in [0, 0.1) is 0 Å². The first-order chi connectivity index (χ1) is 19.8. The zero-order chi connectivity index (χ0) is 34.1. The van der Waals surface area contributed by atoms with Gasteiger partial charge in [-0.25, -0.2) is 17.2 Å². The molecule has 10 nitrogen and oxygen atoms in total. The van der Waals surface area contributed by atoms with Crippen LogP contribution in [0.25, 0.3) is 0 Å². The molecule has 2 atom stereocenters. The zero-order valence-electron chi connectivity index (χ0n) is 24.3. The highest BCUT2D eigenvalue weighted by molar-refractivity contribution is 8.13. The smallest absolute Gasteiger partial charge is 0.385 e. The second-order valence-corrected chi connectivity index (χ2v) is 13.7. The number of aromatic nitrogens is 4. The lowest BCUT2D eigenvalue weighted by Crippen LogP contribution is -2.37. The molecule has 44 heavy (non-hydrogen) atoms. The van der Waals surface area contributed by atoms with Gasteiger partial charge in [-0.05, 0) is 27.7 Å². The van der Waals surface area contributed by atoms with E-state index in [9.17, 15) is 43.5 Å². The summed E-state index contributed by atoms with van der Waals surface area (Å²) in [5.41, 5.74) is -4.12. The van der Waals surface area contributed by atoms with E-state index in [1.807, 2.05) is 0 Å². The highest BCUT2D eigenvalue weighted by atomic mass is 35.5. The summed E-state index contributed by atoms with van der Waals surface area (Å²) < 4.78 is 126. The second kappa shape index (κ2) is 13.4. The summed E-state index contributed by atoms with van der Waals surface area (Å²) in [5.74, 6) is -0.343. The number of alkyl halides is 9. The Balaban J connectivity index is 0.000000244. The molecule has 2 aromatic rings. The van der Waals surface area contributed by atoms with Crippen LogP contribution in [0.5, 0.6) is 0 Å². The summed E-state index contributed by atoms with van der Waals surface area (Å²) >= 11 is 6.14. The maximum atomic E-state index is 13.9. The van der Waals surface area contributed by atoms with E-state index in [1.54, 1.807) is 0 Å². The van der Waals surface area contributed by atoms with Gasteiger partial charge in [-0.1, -0.05) is 22.1 Å². The van der Waals surface area contributed by atoms with Crippen LogP contribution >= 0.6 is 23.4 Å². The van der Waals surface area contributed by atoms with E-state index in [-0.39, 0.29) is 28.1 Å². The molecule has 2 unspecified atom stereocenters. The molecule has 2 aromatic heterocycles. The van der Waals surface area contributed by atoms with Gasteiger partial charge in [-0.15, -0.1) is 11.6 Å². The second-order valence-electron chi connectivity index (χ2n) is 10.5. The fraction of sp³-hybridized carbons (Fsp3) is 0.652. The number of nitrogens with zero attached hydrogens (tertiary/aromatic N) is 6. The lowest BCUT2D eigenvalue weighted by Gasteiger charge is -2.17. The van der Waals surface area contributed by atoms with E-state index in [1.165, 1.54) is 41.8 Å². The minimum absolute atomic E-state index is 0.0359. The molecule has 250 valence electrons. The summed E-state index contributed by atoms with van der Waals surface area (Å²) in [5, 5.41) is 13.6. The van der Waals surface area contributed by atoms with Crippen molar-refractivity contribution in [2.24, 2.45) is 24.4 Å². The SMILES string of the molecule is CC1(C)ON=C(S(C)(=O)=O)C1F.Cn1cc(C(F)(F)F)c(CCl)n1.Cn1cc(C(F)(F)F)c(CSC2=NOC(C)(C)C2F)n1. The van der Waals surface area contributed by atoms with E-state index in [4.69, 9.17) is 16.4 Å². The fourth-order valence-corrected chi connectivity index (χ4v) is 5.40. The number of sulfone groups is 1. The van der Waals surface area contributed by atoms with Gasteiger partial charge in [0.15, 0.2) is 38.4 Å². The molecular weight excluding hydrogens is 676 g/mol. The van der Waals surface area contributed by atoms with Crippen LogP contribution in [0.3, 0.4) is 0 Å². The molecule has 0 saturated carbocycles. The first-order valence-electron chi connectivity index (χ1n) is 12.2. The molecule has 4 heterocycles. The standard InChI is InChI=1S/C11H13F4N3OS.C6H6ClF3N2.C6H10FNO3S/c1-10(2)8(12)9(17-19-10)20-5-7-6(11(13,14)15)4-18(3)16-7;1-12-3-4(6(8,9)10)5(2-7)11-12;1-6(2)4(7)5(8-11-6)12(3,9)10/h4,8H,5H2,1-3H3;3H,2H2,1H3;4H,1-3H3. The number of aryl methyl sites for hydroxylation is 2. The van der Waals surface area contributed by atoms with Crippen LogP contribution in [0.15, 0.2) is 22.7 Å². The Kier molecular flexibility index (Phi) is 11.4. The number of halogens is 9. The molecule has 0 fully saturated rings. The van der Waals surface area contributed by atoms with Gasteiger partial charge in [-0.3, -0.25) is 9.36 Å². The van der Waals surface area contributed by atoms with Crippen molar-refractivity contribution < 1.29 is 53.2 Å². The predicted octanol–water partition coefficient (Wildman–Crippen LogP) is 5.80. The molecule has 4 rings (SSSR count). The van der Waals surface area contributed by atoms with Crippen molar-refractivity contribution in [2.75, 3.05) is 6.26 Å². The Hall–Kier alpha value is -2.61. The minimum atomic E-state index is -4.48. The molecule has 0 aromatic carbocycles. The molecule has 0 bridgehead atoms. The van der Waals surface area contributed by atoms with Crippen molar-refractivity contribution in [3.05, 3.63) is 34.9 Å². The van der Waals surface area contributed by atoms with Crippen LogP contribution in [-0.4, -0.2) is 67.9 Å². The van der Waals surface area contributed by atoms with Crippen molar-refractivity contribution in [1.82, 2.24) is 19.6 Å². The van der Waals surface area contributed by atoms with E-state index >= 15 is 0 Å². The van der Waals surface area contributed by atoms with Crippen LogP contribution in [-0.2, 0) is 57.6 Å². The lowest BCUT2D eigenvalue weighted by molar-refractivity contribution is -0.139. The van der Waals surface area contributed by atoms with Gasteiger partial charge in [0.05, 0.1) is 28.4 Å². The average molecular weight is 705 g/mol. The molecule has 2 aliphatic heterocycles. The van der Waals surface area contributed by atoms with Gasteiger partial charge in [-0.2, -0.15) is 36.5 Å². The Morgan fingerprint density at radius 2 is 1.30 bits per heavy atom. The average Bonchev–Trinajstić information content (AvgIpc) is 3.58. The molecule has 0 amide bonds. The van der Waals surface area contributed by atoms with E-state index in [0.717, 1.165) is 39.8 Å². The first-order valence-corrected chi connectivity index (χ1v) is 15.6. The van der Waals surface area contributed by atoms with Crippen LogP contribution in [0.1, 0.15) is 50.2 Å². The number of hydrogen-bond donors (Lipinski definition) is 0. The Morgan fingerprint density at radius 1 is 0.864 bits per heavy atom. The van der Waals surface area contributed by atoms with Crippen molar-refractivity contribution >= 4 is 43.3 Å². The van der Waals surface area contributed by atoms with Crippen LogP contribution < -0.4 is 0 Å². The predicted molar refractivity (Wildman–Crippen MR) is 147 cm³/mol. The van der Waals surface area contributed by atoms with Crippen LogP contribution in [0.4, 0.5) is 35.1 Å². The third kappa shape index (κ3) is 9.45. The topological polar surface area (TPSA) is 113 Å². The highest BCUT2D eigenvalue weighted by Gasteiger charge is 2.46. The quantitative estimate of drug-likeness (QED) is 0.293. The van der Waals surface area contributed by atoms with E-state index in [2.05, 4.69) is 25.3 Å². The van der Waals surface area contributed by atoms with Crippen molar-refractivity contribution in [3.63, 3.8) is 0 Å². The third-order valence-electron chi connectivity index (χ3n) is 5.68.